The summed E-state index contributed by atoms with van der Waals surface area (Å²) in [5.41, 5.74) is 1.68. The van der Waals surface area contributed by atoms with Crippen molar-refractivity contribution in [2.45, 2.75) is 6.92 Å². The molecular formula is C10H10BiNO3. The summed E-state index contributed by atoms with van der Waals surface area (Å²) in [6, 6.07) is 7.50. The molecule has 0 unspecified atom stereocenters. The van der Waals surface area contributed by atoms with Crippen LogP contribution in [-0.4, -0.2) is 34.4 Å². The van der Waals surface area contributed by atoms with Crippen LogP contribution in [0.2, 0.25) is 0 Å². The van der Waals surface area contributed by atoms with Crippen LogP contribution in [0.25, 0.3) is 10.9 Å². The van der Waals surface area contributed by atoms with Crippen molar-refractivity contribution in [2.24, 2.45) is 0 Å². The second-order valence-electron chi connectivity index (χ2n) is 3.18. The zero-order valence-electron chi connectivity index (χ0n) is 8.08. The molecule has 1 aromatic heterocycles. The molecule has 0 aliphatic heterocycles. The summed E-state index contributed by atoms with van der Waals surface area (Å²) in [5.74, 6) is 0.466. The van der Waals surface area contributed by atoms with Gasteiger partial charge < -0.3 is 0 Å². The molecule has 0 saturated heterocycles. The molecule has 0 spiro atoms. The molecule has 0 atom stereocenters. The van der Waals surface area contributed by atoms with E-state index in [2.05, 4.69) is 4.98 Å². The van der Waals surface area contributed by atoms with Gasteiger partial charge in [0.05, 0.1) is 0 Å². The minimum atomic E-state index is -3.65. The summed E-state index contributed by atoms with van der Waals surface area (Å²) in [6.45, 7) is 1.93. The van der Waals surface area contributed by atoms with Crippen LogP contribution in [0.15, 0.2) is 30.5 Å². The van der Waals surface area contributed by atoms with Crippen molar-refractivity contribution in [2.75, 3.05) is 0 Å². The Bertz CT molecular complexity index is 487. The van der Waals surface area contributed by atoms with Crippen LogP contribution in [-0.2, 0) is 0 Å². The van der Waals surface area contributed by atoms with Gasteiger partial charge in [0.1, 0.15) is 0 Å². The maximum absolute atomic E-state index is 8.97. The van der Waals surface area contributed by atoms with E-state index in [0.29, 0.717) is 11.3 Å². The maximum atomic E-state index is 8.97. The standard InChI is InChI=1S/C10H9NO.Bi.2H2O/c1-7-5-8-3-2-4-11-10(8)9(12)6-7;;;/h2-6,12H,1H3;;2*1H2/q;+3;;/p-3. The predicted octanol–water partition coefficient (Wildman–Crippen LogP) is 0.892. The fourth-order valence-electron chi connectivity index (χ4n) is 1.46. The monoisotopic (exact) mass is 401 g/mol. The number of nitrogens with zero attached hydrogens (tertiary/aromatic N) is 1. The quantitative estimate of drug-likeness (QED) is 0.735. The van der Waals surface area contributed by atoms with Gasteiger partial charge in [-0.25, -0.2) is 0 Å². The van der Waals surface area contributed by atoms with E-state index in [1.54, 1.807) is 12.3 Å². The number of benzene rings is 1. The summed E-state index contributed by atoms with van der Waals surface area (Å²) in [5, 5.41) is 0.943. The second-order valence-corrected chi connectivity index (χ2v) is 5.86. The Morgan fingerprint density at radius 2 is 2.13 bits per heavy atom. The molecule has 0 amide bonds. The van der Waals surface area contributed by atoms with Crippen LogP contribution in [0.5, 0.6) is 5.75 Å². The van der Waals surface area contributed by atoms with Gasteiger partial charge in [0.25, 0.3) is 0 Å². The van der Waals surface area contributed by atoms with Gasteiger partial charge in [0.15, 0.2) is 0 Å². The Morgan fingerprint density at radius 1 is 1.33 bits per heavy atom. The zero-order chi connectivity index (χ0) is 10.8. The fourth-order valence-corrected chi connectivity index (χ4v) is 2.68. The first-order valence-corrected chi connectivity index (χ1v) is 8.91. The fraction of sp³-hybridized carbons (Fsp3) is 0.100. The van der Waals surface area contributed by atoms with Gasteiger partial charge in [-0.1, -0.05) is 0 Å². The molecule has 0 saturated carbocycles. The number of rotatable bonds is 2. The van der Waals surface area contributed by atoms with Gasteiger partial charge >= 0.3 is 96.8 Å². The molecule has 0 fully saturated rings. The van der Waals surface area contributed by atoms with Crippen molar-refractivity contribution in [3.05, 3.63) is 36.0 Å². The Hall–Kier alpha value is -0.767. The van der Waals surface area contributed by atoms with Gasteiger partial charge in [-0.15, -0.1) is 0 Å². The van der Waals surface area contributed by atoms with Crippen molar-refractivity contribution >= 4 is 34.0 Å². The van der Waals surface area contributed by atoms with Crippen molar-refractivity contribution < 1.29 is 9.18 Å². The Morgan fingerprint density at radius 3 is 2.87 bits per heavy atom. The molecule has 2 aromatic rings. The molecule has 0 bridgehead atoms. The van der Waals surface area contributed by atoms with Gasteiger partial charge in [0.2, 0.25) is 0 Å². The summed E-state index contributed by atoms with van der Waals surface area (Å²) in [7, 11) is 0. The molecule has 0 radical (unpaired) electrons. The summed E-state index contributed by atoms with van der Waals surface area (Å²) >= 11 is -3.65. The van der Waals surface area contributed by atoms with E-state index in [0.717, 1.165) is 10.9 Å². The normalized spacial score (nSPS) is 10.9. The molecular weight excluding hydrogens is 391 g/mol. The van der Waals surface area contributed by atoms with E-state index < -0.39 is 23.1 Å². The average Bonchev–Trinajstić information content (AvgIpc) is 2.16. The SMILES string of the molecule is Cc1cc([O][Bi]([OH])[OH])c2ncccc2c1. The van der Waals surface area contributed by atoms with E-state index in [1.165, 1.54) is 0 Å². The zero-order valence-corrected chi connectivity index (χ0v) is 11.6. The number of aromatic nitrogens is 1. The van der Waals surface area contributed by atoms with Gasteiger partial charge in [0, 0.05) is 0 Å². The van der Waals surface area contributed by atoms with Gasteiger partial charge in [-0.2, -0.15) is 0 Å². The molecule has 0 aliphatic carbocycles. The first-order chi connectivity index (χ1) is 7.16. The molecule has 2 rings (SSSR count). The Labute approximate surface area is 96.7 Å². The summed E-state index contributed by atoms with van der Waals surface area (Å²) < 4.78 is 23.0. The summed E-state index contributed by atoms with van der Waals surface area (Å²) in [4.78, 5) is 4.16. The second kappa shape index (κ2) is 4.39. The summed E-state index contributed by atoms with van der Waals surface area (Å²) in [6.07, 6.45) is 1.66. The van der Waals surface area contributed by atoms with E-state index in [-0.39, 0.29) is 0 Å². The molecule has 78 valence electrons. The van der Waals surface area contributed by atoms with Crippen LogP contribution >= 0.6 is 0 Å². The number of hydrogen-bond acceptors (Lipinski definition) is 4. The van der Waals surface area contributed by atoms with Gasteiger partial charge in [-0.3, -0.25) is 0 Å². The van der Waals surface area contributed by atoms with E-state index >= 15 is 0 Å². The van der Waals surface area contributed by atoms with E-state index in [9.17, 15) is 0 Å². The Balaban J connectivity index is 2.60. The van der Waals surface area contributed by atoms with Crippen LogP contribution < -0.4 is 2.81 Å². The number of pyridine rings is 1. The topological polar surface area (TPSA) is 62.6 Å². The third-order valence-corrected chi connectivity index (χ3v) is 3.39. The van der Waals surface area contributed by atoms with Crippen molar-refractivity contribution in [1.82, 2.24) is 4.98 Å². The third kappa shape index (κ3) is 2.43. The van der Waals surface area contributed by atoms with Crippen LogP contribution in [0.4, 0.5) is 0 Å². The minimum absolute atomic E-state index is 0.466. The predicted molar refractivity (Wildman–Crippen MR) is 57.3 cm³/mol. The first kappa shape index (κ1) is 10.7. The number of fused-ring (bicyclic) bond motifs is 1. The average molecular weight is 401 g/mol. The first-order valence-electron chi connectivity index (χ1n) is 4.38. The molecule has 5 heteroatoms. The van der Waals surface area contributed by atoms with Crippen molar-refractivity contribution in [3.63, 3.8) is 0 Å². The Kier molecular flexibility index (Phi) is 3.15. The van der Waals surface area contributed by atoms with Crippen LogP contribution in [0.3, 0.4) is 0 Å². The molecule has 4 nitrogen and oxygen atoms in total. The van der Waals surface area contributed by atoms with Crippen molar-refractivity contribution in [3.8, 4) is 5.75 Å². The molecule has 1 aromatic carbocycles. The number of aryl methyl sites for hydroxylation is 1. The van der Waals surface area contributed by atoms with Crippen LogP contribution in [0, 0.1) is 6.92 Å². The van der Waals surface area contributed by atoms with Crippen LogP contribution in [0.1, 0.15) is 5.56 Å². The molecule has 0 aliphatic rings. The van der Waals surface area contributed by atoms with E-state index in [4.69, 9.17) is 9.18 Å². The van der Waals surface area contributed by atoms with Crippen molar-refractivity contribution in [1.29, 1.82) is 0 Å². The number of hydrogen-bond donors (Lipinski definition) is 2. The molecule has 2 N–H and O–H groups in total. The molecule has 15 heavy (non-hydrogen) atoms. The molecule has 1 heterocycles. The van der Waals surface area contributed by atoms with E-state index in [1.807, 2.05) is 25.1 Å². The van der Waals surface area contributed by atoms with Gasteiger partial charge in [-0.05, 0) is 0 Å². The third-order valence-electron chi connectivity index (χ3n) is 1.99.